The number of aromatic nitrogens is 6. The number of carbonyl (C=O) groups is 1. The van der Waals surface area contributed by atoms with Crippen LogP contribution in [-0.4, -0.2) is 85.3 Å². The minimum Gasteiger partial charge on any atom is -0.353 e. The highest BCUT2D eigenvalue weighted by atomic mass is 19.1. The molecule has 4 aromatic heterocycles. The Morgan fingerprint density at radius 1 is 1.02 bits per heavy atom. The average molecular weight is 579 g/mol. The predicted octanol–water partition coefficient (Wildman–Crippen LogP) is 3.46. The van der Waals surface area contributed by atoms with E-state index < -0.39 is 6.04 Å². The van der Waals surface area contributed by atoms with Crippen LogP contribution in [0.15, 0.2) is 61.3 Å². The highest BCUT2D eigenvalue weighted by molar-refractivity contribution is 5.84. The molecule has 11 nitrogen and oxygen atoms in total. The van der Waals surface area contributed by atoms with Crippen LogP contribution < -0.4 is 4.90 Å². The van der Waals surface area contributed by atoms with Crippen molar-refractivity contribution < 1.29 is 9.18 Å². The van der Waals surface area contributed by atoms with Crippen molar-refractivity contribution in [1.29, 1.82) is 5.26 Å². The van der Waals surface area contributed by atoms with Gasteiger partial charge in [-0.05, 0) is 50.3 Å². The minimum atomic E-state index is -0.489. The molecule has 0 aliphatic carbocycles. The van der Waals surface area contributed by atoms with Gasteiger partial charge in [-0.25, -0.2) is 18.9 Å². The number of halogens is 1. The summed E-state index contributed by atoms with van der Waals surface area (Å²) in [6, 6.07) is 10.5. The van der Waals surface area contributed by atoms with E-state index in [2.05, 4.69) is 21.2 Å². The van der Waals surface area contributed by atoms with Gasteiger partial charge in [0.15, 0.2) is 0 Å². The van der Waals surface area contributed by atoms with E-state index in [-0.39, 0.29) is 11.7 Å². The Morgan fingerprint density at radius 2 is 1.81 bits per heavy atom. The van der Waals surface area contributed by atoms with Crippen LogP contribution in [0.1, 0.15) is 22.7 Å². The first-order valence-electron chi connectivity index (χ1n) is 13.9. The molecule has 1 amide bonds. The molecular formula is C31H31FN10O. The van der Waals surface area contributed by atoms with E-state index in [4.69, 9.17) is 9.97 Å². The summed E-state index contributed by atoms with van der Waals surface area (Å²) >= 11 is 0. The summed E-state index contributed by atoms with van der Waals surface area (Å²) in [5.41, 5.74) is 5.22. The van der Waals surface area contributed by atoms with Crippen LogP contribution in [0.3, 0.4) is 0 Å². The molecule has 1 saturated heterocycles. The van der Waals surface area contributed by atoms with E-state index in [1.54, 1.807) is 46.8 Å². The Kier molecular flexibility index (Phi) is 7.33. The van der Waals surface area contributed by atoms with Crippen molar-refractivity contribution in [2.45, 2.75) is 13.0 Å². The van der Waals surface area contributed by atoms with E-state index in [0.717, 1.165) is 22.5 Å². The average Bonchev–Trinajstić information content (AvgIpc) is 3.64. The summed E-state index contributed by atoms with van der Waals surface area (Å²) < 4.78 is 17.3. The molecule has 0 bridgehead atoms. The molecule has 0 N–H and O–H groups in total. The number of amides is 1. The maximum absolute atomic E-state index is 13.9. The fourth-order valence-electron chi connectivity index (χ4n) is 5.53. The third-order valence-electron chi connectivity index (χ3n) is 7.80. The molecule has 1 atom stereocenters. The van der Waals surface area contributed by atoms with Crippen molar-refractivity contribution in [1.82, 2.24) is 39.2 Å². The second kappa shape index (κ2) is 11.3. The smallest absolute Gasteiger partial charge is 0.244 e. The number of nitrogens with zero attached hydrogens (tertiary/aromatic N) is 10. The van der Waals surface area contributed by atoms with Gasteiger partial charge < -0.3 is 9.80 Å². The SMILES string of the molecule is Cc1cc(C(C(=O)N2CCN(c3ccc(-c4nc(-c5cnn(C)c5)cn5ncc(C#N)c45)cn3)CC2)N(C)C)ccc1F. The topological polar surface area (TPSA) is 111 Å². The van der Waals surface area contributed by atoms with Crippen molar-refractivity contribution in [2.24, 2.45) is 7.05 Å². The van der Waals surface area contributed by atoms with Gasteiger partial charge in [0.25, 0.3) is 0 Å². The number of piperazine rings is 1. The molecule has 1 fully saturated rings. The Morgan fingerprint density at radius 3 is 2.44 bits per heavy atom. The van der Waals surface area contributed by atoms with Gasteiger partial charge in [-0.2, -0.15) is 15.5 Å². The zero-order valence-electron chi connectivity index (χ0n) is 24.4. The number of hydrogen-bond donors (Lipinski definition) is 0. The number of nitriles is 1. The zero-order valence-corrected chi connectivity index (χ0v) is 24.4. The van der Waals surface area contributed by atoms with Crippen molar-refractivity contribution in [3.8, 4) is 28.6 Å². The van der Waals surface area contributed by atoms with E-state index in [1.807, 2.05) is 49.3 Å². The van der Waals surface area contributed by atoms with Crippen LogP contribution in [0.5, 0.6) is 0 Å². The molecule has 1 aliphatic heterocycles. The van der Waals surface area contributed by atoms with Crippen LogP contribution >= 0.6 is 0 Å². The summed E-state index contributed by atoms with van der Waals surface area (Å²) in [5.74, 6) is 0.511. The van der Waals surface area contributed by atoms with Gasteiger partial charge in [-0.1, -0.05) is 12.1 Å². The fourth-order valence-corrected chi connectivity index (χ4v) is 5.53. The van der Waals surface area contributed by atoms with Crippen LogP contribution in [0.4, 0.5) is 10.2 Å². The first-order valence-corrected chi connectivity index (χ1v) is 13.9. The highest BCUT2D eigenvalue weighted by Gasteiger charge is 2.31. The first-order chi connectivity index (χ1) is 20.7. The number of likely N-dealkylation sites (N-methyl/N-ethyl adjacent to an activating group) is 1. The van der Waals surface area contributed by atoms with Gasteiger partial charge in [-0.15, -0.1) is 0 Å². The predicted molar refractivity (Wildman–Crippen MR) is 159 cm³/mol. The standard InChI is InChI=1S/C31H31FN10O/c1-20-13-21(5-7-25(20)32)30(38(2)3)31(43)41-11-9-40(10-12-41)27-8-6-22(15-34-27)28-29-23(14-33)16-36-42(29)19-26(37-28)24-17-35-39(4)18-24/h5-8,13,15-19,30H,9-12H2,1-4H3. The molecule has 0 saturated carbocycles. The van der Waals surface area contributed by atoms with Crippen molar-refractivity contribution >= 4 is 17.2 Å². The van der Waals surface area contributed by atoms with E-state index in [1.165, 1.54) is 12.3 Å². The monoisotopic (exact) mass is 578 g/mol. The summed E-state index contributed by atoms with van der Waals surface area (Å²) in [6.45, 7) is 4.05. The van der Waals surface area contributed by atoms with Gasteiger partial charge >= 0.3 is 0 Å². The summed E-state index contributed by atoms with van der Waals surface area (Å²) in [6.07, 6.45) is 8.69. The zero-order chi connectivity index (χ0) is 30.2. The molecule has 218 valence electrons. The summed E-state index contributed by atoms with van der Waals surface area (Å²) in [7, 11) is 5.57. The quantitative estimate of drug-likeness (QED) is 0.301. The maximum Gasteiger partial charge on any atom is 0.244 e. The molecule has 43 heavy (non-hydrogen) atoms. The number of carbonyl (C=O) groups excluding carboxylic acids is 1. The third-order valence-corrected chi connectivity index (χ3v) is 7.80. The van der Waals surface area contributed by atoms with Crippen LogP contribution in [0.25, 0.3) is 28.0 Å². The number of benzene rings is 1. The second-order valence-corrected chi connectivity index (χ2v) is 10.9. The number of anilines is 1. The van der Waals surface area contributed by atoms with Crippen molar-refractivity contribution in [2.75, 3.05) is 45.2 Å². The van der Waals surface area contributed by atoms with Gasteiger partial charge in [0.1, 0.15) is 34.8 Å². The molecule has 1 unspecified atom stereocenters. The van der Waals surface area contributed by atoms with Gasteiger partial charge in [-0.3, -0.25) is 14.4 Å². The largest absolute Gasteiger partial charge is 0.353 e. The Balaban J connectivity index is 1.21. The molecule has 1 aliphatic rings. The molecule has 0 radical (unpaired) electrons. The molecule has 5 heterocycles. The van der Waals surface area contributed by atoms with Gasteiger partial charge in [0, 0.05) is 56.7 Å². The van der Waals surface area contributed by atoms with Gasteiger partial charge in [0.05, 0.1) is 30.0 Å². The lowest BCUT2D eigenvalue weighted by Gasteiger charge is -2.38. The fraction of sp³-hybridized carbons (Fsp3) is 0.290. The number of fused-ring (bicyclic) bond motifs is 1. The molecule has 6 rings (SSSR count). The highest BCUT2D eigenvalue weighted by Crippen LogP contribution is 2.30. The van der Waals surface area contributed by atoms with Crippen LogP contribution in [0.2, 0.25) is 0 Å². The van der Waals surface area contributed by atoms with E-state index >= 15 is 0 Å². The molecule has 0 spiro atoms. The molecule has 1 aromatic carbocycles. The Hall–Kier alpha value is -5.15. The second-order valence-electron chi connectivity index (χ2n) is 10.9. The maximum atomic E-state index is 13.9. The van der Waals surface area contributed by atoms with Crippen LogP contribution in [-0.2, 0) is 11.8 Å². The first kappa shape index (κ1) is 28.0. The third kappa shape index (κ3) is 5.30. The lowest BCUT2D eigenvalue weighted by molar-refractivity contribution is -0.136. The summed E-state index contributed by atoms with van der Waals surface area (Å²) in [5, 5.41) is 18.3. The lowest BCUT2D eigenvalue weighted by Crippen LogP contribution is -2.51. The minimum absolute atomic E-state index is 0.00309. The van der Waals surface area contributed by atoms with E-state index in [9.17, 15) is 14.4 Å². The van der Waals surface area contributed by atoms with Gasteiger partial charge in [0.2, 0.25) is 5.91 Å². The Bertz CT molecular complexity index is 1840. The molecular weight excluding hydrogens is 547 g/mol. The summed E-state index contributed by atoms with van der Waals surface area (Å²) in [4.78, 5) is 29.1. The Labute approximate surface area is 248 Å². The number of hydrogen-bond acceptors (Lipinski definition) is 8. The lowest BCUT2D eigenvalue weighted by atomic mass is 10.0. The van der Waals surface area contributed by atoms with Crippen molar-refractivity contribution in [3.63, 3.8) is 0 Å². The number of rotatable bonds is 6. The van der Waals surface area contributed by atoms with E-state index in [0.29, 0.717) is 54.2 Å². The molecule has 12 heteroatoms. The normalized spacial score (nSPS) is 14.3. The number of aryl methyl sites for hydroxylation is 2. The van der Waals surface area contributed by atoms with Crippen LogP contribution in [0, 0.1) is 24.1 Å². The number of pyridine rings is 1. The van der Waals surface area contributed by atoms with Crippen molar-refractivity contribution in [3.05, 3.63) is 83.8 Å². The molecule has 5 aromatic rings.